The molecule has 0 amide bonds. The maximum atomic E-state index is 8.51. The molecule has 0 aromatic heterocycles. The molecule has 0 unspecified atom stereocenters. The Morgan fingerprint density at radius 2 is 1.93 bits per heavy atom. The Morgan fingerprint density at radius 3 is 2.36 bits per heavy atom. The van der Waals surface area contributed by atoms with E-state index in [0.717, 1.165) is 5.75 Å². The molecule has 1 rings (SSSR count). The Bertz CT molecular complexity index is 345. The number of methoxy groups -OCH3 is 1. The number of hydrogen-bond acceptors (Lipinski definition) is 3. The summed E-state index contributed by atoms with van der Waals surface area (Å²) in [5.74, 6) is 1.37. The van der Waals surface area contributed by atoms with Crippen molar-refractivity contribution in [3.05, 3.63) is 23.3 Å². The number of ether oxygens (including phenoxy) is 1. The van der Waals surface area contributed by atoms with Gasteiger partial charge in [-0.3, -0.25) is 0 Å². The first-order chi connectivity index (χ1) is 6.69. The van der Waals surface area contributed by atoms with E-state index in [-0.39, 0.29) is 0 Å². The quantitative estimate of drug-likeness (QED) is 0.714. The molecule has 3 heteroatoms. The second-order valence-electron chi connectivity index (χ2n) is 3.04. The summed E-state index contributed by atoms with van der Waals surface area (Å²) in [7, 11) is 1.66. The zero-order valence-corrected chi connectivity index (χ0v) is 9.44. The SMILES string of the molecule is COc1cc(C)c(SCC#N)c(C)c1. The van der Waals surface area contributed by atoms with Gasteiger partial charge in [-0.1, -0.05) is 0 Å². The van der Waals surface area contributed by atoms with Crippen molar-refractivity contribution in [3.8, 4) is 11.8 Å². The molecule has 1 aromatic rings. The number of nitriles is 1. The van der Waals surface area contributed by atoms with Gasteiger partial charge in [0.05, 0.1) is 18.9 Å². The van der Waals surface area contributed by atoms with Crippen molar-refractivity contribution in [3.63, 3.8) is 0 Å². The van der Waals surface area contributed by atoms with Crippen LogP contribution in [-0.4, -0.2) is 12.9 Å². The number of benzene rings is 1. The van der Waals surface area contributed by atoms with Crippen LogP contribution in [-0.2, 0) is 0 Å². The fourth-order valence-electron chi connectivity index (χ4n) is 1.36. The maximum absolute atomic E-state index is 8.51. The Kier molecular flexibility index (Phi) is 3.84. The van der Waals surface area contributed by atoms with Gasteiger partial charge in [0, 0.05) is 4.90 Å². The van der Waals surface area contributed by atoms with Gasteiger partial charge in [-0.25, -0.2) is 0 Å². The van der Waals surface area contributed by atoms with E-state index in [0.29, 0.717) is 5.75 Å². The largest absolute Gasteiger partial charge is 0.497 e. The summed E-state index contributed by atoms with van der Waals surface area (Å²) in [6.07, 6.45) is 0. The molecule has 0 aliphatic carbocycles. The monoisotopic (exact) mass is 207 g/mol. The topological polar surface area (TPSA) is 33.0 Å². The molecule has 0 bridgehead atoms. The zero-order chi connectivity index (χ0) is 10.6. The zero-order valence-electron chi connectivity index (χ0n) is 8.63. The van der Waals surface area contributed by atoms with Crippen LogP contribution in [0.15, 0.2) is 17.0 Å². The third kappa shape index (κ3) is 2.43. The minimum Gasteiger partial charge on any atom is -0.497 e. The summed E-state index contributed by atoms with van der Waals surface area (Å²) in [6.45, 7) is 4.07. The van der Waals surface area contributed by atoms with E-state index >= 15 is 0 Å². The minimum absolute atomic E-state index is 0.494. The highest BCUT2D eigenvalue weighted by atomic mass is 32.2. The van der Waals surface area contributed by atoms with Crippen LogP contribution in [0.4, 0.5) is 0 Å². The number of nitrogens with zero attached hydrogens (tertiary/aromatic N) is 1. The Morgan fingerprint density at radius 1 is 1.36 bits per heavy atom. The second-order valence-corrected chi connectivity index (χ2v) is 4.02. The first-order valence-electron chi connectivity index (χ1n) is 4.34. The normalized spacial score (nSPS) is 9.57. The van der Waals surface area contributed by atoms with Crippen molar-refractivity contribution in [2.24, 2.45) is 0 Å². The average Bonchev–Trinajstić information content (AvgIpc) is 2.16. The van der Waals surface area contributed by atoms with E-state index in [1.54, 1.807) is 18.9 Å². The Balaban J connectivity index is 3.00. The van der Waals surface area contributed by atoms with E-state index < -0.39 is 0 Å². The van der Waals surface area contributed by atoms with Gasteiger partial charge < -0.3 is 4.74 Å². The molecule has 0 saturated heterocycles. The molecule has 0 atom stereocenters. The van der Waals surface area contributed by atoms with Gasteiger partial charge >= 0.3 is 0 Å². The predicted octanol–water partition coefficient (Wildman–Crippen LogP) is 2.93. The highest BCUT2D eigenvalue weighted by molar-refractivity contribution is 7.99. The molecule has 0 fully saturated rings. The first-order valence-corrected chi connectivity index (χ1v) is 5.32. The third-order valence-corrected chi connectivity index (χ3v) is 3.16. The smallest absolute Gasteiger partial charge is 0.119 e. The lowest BCUT2D eigenvalue weighted by atomic mass is 10.1. The van der Waals surface area contributed by atoms with E-state index in [4.69, 9.17) is 10.00 Å². The van der Waals surface area contributed by atoms with Gasteiger partial charge in [0.25, 0.3) is 0 Å². The van der Waals surface area contributed by atoms with Crippen LogP contribution in [0.3, 0.4) is 0 Å². The molecular weight excluding hydrogens is 194 g/mol. The average molecular weight is 207 g/mol. The molecule has 14 heavy (non-hydrogen) atoms. The predicted molar refractivity (Wildman–Crippen MR) is 58.8 cm³/mol. The molecule has 0 saturated carbocycles. The molecule has 0 aliphatic heterocycles. The highest BCUT2D eigenvalue weighted by Gasteiger charge is 2.05. The lowest BCUT2D eigenvalue weighted by Gasteiger charge is -2.09. The molecule has 0 N–H and O–H groups in total. The Hall–Kier alpha value is -1.14. The summed E-state index contributed by atoms with van der Waals surface area (Å²) >= 11 is 1.58. The van der Waals surface area contributed by atoms with Gasteiger partial charge in [-0.05, 0) is 37.1 Å². The molecule has 1 aromatic carbocycles. The molecular formula is C11H13NOS. The number of thioether (sulfide) groups is 1. The highest BCUT2D eigenvalue weighted by Crippen LogP contribution is 2.29. The molecule has 0 heterocycles. The van der Waals surface area contributed by atoms with Crippen molar-refractivity contribution in [2.45, 2.75) is 18.7 Å². The van der Waals surface area contributed by atoms with Gasteiger partial charge in [0.2, 0.25) is 0 Å². The first kappa shape index (κ1) is 10.9. The minimum atomic E-state index is 0.494. The molecule has 74 valence electrons. The Labute approximate surface area is 88.9 Å². The fraction of sp³-hybridized carbons (Fsp3) is 0.364. The van der Waals surface area contributed by atoms with Crippen molar-refractivity contribution in [1.29, 1.82) is 5.26 Å². The van der Waals surface area contributed by atoms with Crippen LogP contribution in [0.5, 0.6) is 5.75 Å². The summed E-state index contributed by atoms with van der Waals surface area (Å²) in [5.41, 5.74) is 2.34. The van der Waals surface area contributed by atoms with Crippen molar-refractivity contribution < 1.29 is 4.74 Å². The van der Waals surface area contributed by atoms with E-state index in [2.05, 4.69) is 6.07 Å². The van der Waals surface area contributed by atoms with Crippen LogP contribution in [0.25, 0.3) is 0 Å². The van der Waals surface area contributed by atoms with Gasteiger partial charge in [0.15, 0.2) is 0 Å². The number of rotatable bonds is 3. The van der Waals surface area contributed by atoms with Gasteiger partial charge in [-0.15, -0.1) is 11.8 Å². The second kappa shape index (κ2) is 4.92. The van der Waals surface area contributed by atoms with Crippen LogP contribution >= 0.6 is 11.8 Å². The van der Waals surface area contributed by atoms with Crippen LogP contribution < -0.4 is 4.74 Å². The van der Waals surface area contributed by atoms with Gasteiger partial charge in [-0.2, -0.15) is 5.26 Å². The summed E-state index contributed by atoms with van der Waals surface area (Å²) in [6, 6.07) is 6.12. The molecule has 0 spiro atoms. The maximum Gasteiger partial charge on any atom is 0.119 e. The lowest BCUT2D eigenvalue weighted by Crippen LogP contribution is -1.90. The van der Waals surface area contributed by atoms with Crippen molar-refractivity contribution in [2.75, 3.05) is 12.9 Å². The molecule has 0 radical (unpaired) electrons. The lowest BCUT2D eigenvalue weighted by molar-refractivity contribution is 0.413. The van der Waals surface area contributed by atoms with E-state index in [1.807, 2.05) is 26.0 Å². The van der Waals surface area contributed by atoms with Crippen LogP contribution in [0.1, 0.15) is 11.1 Å². The number of hydrogen-bond donors (Lipinski definition) is 0. The van der Waals surface area contributed by atoms with E-state index in [1.165, 1.54) is 16.0 Å². The standard InChI is InChI=1S/C11H13NOS/c1-8-6-10(13-3)7-9(2)11(8)14-5-4-12/h6-7H,5H2,1-3H3. The summed E-state index contributed by atoms with van der Waals surface area (Å²) in [5, 5.41) is 8.51. The van der Waals surface area contributed by atoms with Crippen LogP contribution in [0.2, 0.25) is 0 Å². The summed E-state index contributed by atoms with van der Waals surface area (Å²) in [4.78, 5) is 1.19. The van der Waals surface area contributed by atoms with Gasteiger partial charge in [0.1, 0.15) is 5.75 Å². The molecule has 0 aliphatic rings. The third-order valence-electron chi connectivity index (χ3n) is 1.95. The summed E-state index contributed by atoms with van der Waals surface area (Å²) < 4.78 is 5.16. The van der Waals surface area contributed by atoms with Crippen LogP contribution in [0, 0.1) is 25.2 Å². The van der Waals surface area contributed by atoms with E-state index in [9.17, 15) is 0 Å². The van der Waals surface area contributed by atoms with Crippen molar-refractivity contribution in [1.82, 2.24) is 0 Å². The molecule has 2 nitrogen and oxygen atoms in total. The fourth-order valence-corrected chi connectivity index (χ4v) is 2.14. The van der Waals surface area contributed by atoms with Crippen molar-refractivity contribution >= 4 is 11.8 Å². The number of aryl methyl sites for hydroxylation is 2.